The highest BCUT2D eigenvalue weighted by atomic mass is 32.1. The van der Waals surface area contributed by atoms with E-state index in [-0.39, 0.29) is 0 Å². The second-order valence-electron chi connectivity index (χ2n) is 6.01. The summed E-state index contributed by atoms with van der Waals surface area (Å²) in [7, 11) is 0. The maximum Gasteiger partial charge on any atom is 0.148 e. The first kappa shape index (κ1) is 12.6. The van der Waals surface area contributed by atoms with Crippen molar-refractivity contribution >= 4 is 33.7 Å². The Morgan fingerprint density at radius 3 is 2.85 bits per heavy atom. The molecular weight excluding hydrogens is 288 g/mol. The Balaban J connectivity index is 1.56. The molecule has 2 heterocycles. The number of nitrogens with two attached hydrogens (primary N) is 1. The van der Waals surface area contributed by atoms with Crippen molar-refractivity contribution in [3.8, 4) is 11.3 Å². The number of nitrogens with zero attached hydrogens (tertiary/aromatic N) is 2. The molecule has 2 aromatic heterocycles. The fourth-order valence-electron chi connectivity index (χ4n) is 2.99. The highest BCUT2D eigenvalue weighted by molar-refractivity contribution is 7.11. The molecule has 6 heteroatoms. The lowest BCUT2D eigenvalue weighted by Gasteiger charge is -2.15. The summed E-state index contributed by atoms with van der Waals surface area (Å²) in [5.41, 5.74) is 8.56. The van der Waals surface area contributed by atoms with E-state index in [1.54, 1.807) is 11.3 Å². The van der Waals surface area contributed by atoms with Crippen molar-refractivity contribution < 1.29 is 0 Å². The van der Waals surface area contributed by atoms with Crippen molar-refractivity contribution in [1.29, 1.82) is 0 Å². The summed E-state index contributed by atoms with van der Waals surface area (Å²) in [5.74, 6) is 1.56. The zero-order valence-corrected chi connectivity index (χ0v) is 13.1. The molecule has 3 N–H and O–H groups in total. The number of nitrogens with one attached hydrogen (secondary N) is 1. The second kappa shape index (κ2) is 4.43. The van der Waals surface area contributed by atoms with E-state index in [1.165, 1.54) is 37.2 Å². The Labute approximate surface area is 126 Å². The molecule has 2 aliphatic rings. The molecule has 0 amide bonds. The molecule has 4 rings (SSSR count). The number of rotatable bonds is 5. The van der Waals surface area contributed by atoms with Crippen LogP contribution in [0.2, 0.25) is 0 Å². The van der Waals surface area contributed by atoms with Gasteiger partial charge in [-0.2, -0.15) is 4.37 Å². The van der Waals surface area contributed by atoms with Gasteiger partial charge in [0, 0.05) is 11.9 Å². The predicted molar refractivity (Wildman–Crippen MR) is 85.3 cm³/mol. The largest absolute Gasteiger partial charge is 0.382 e. The number of aryl methyl sites for hydroxylation is 1. The fraction of sp³-hybridized carbons (Fsp3) is 0.571. The summed E-state index contributed by atoms with van der Waals surface area (Å²) in [6.45, 7) is 3.08. The summed E-state index contributed by atoms with van der Waals surface area (Å²) in [5, 5.41) is 7.82. The molecule has 0 unspecified atom stereocenters. The summed E-state index contributed by atoms with van der Waals surface area (Å²) in [6, 6.07) is 0. The molecule has 106 valence electrons. The molecule has 2 aliphatic carbocycles. The molecule has 0 bridgehead atoms. The van der Waals surface area contributed by atoms with E-state index in [1.807, 2.05) is 6.92 Å². The zero-order valence-electron chi connectivity index (χ0n) is 11.5. The third-order valence-corrected chi connectivity index (χ3v) is 6.12. The molecule has 0 spiro atoms. The van der Waals surface area contributed by atoms with Gasteiger partial charge in [-0.25, -0.2) is 4.98 Å². The third-order valence-electron chi connectivity index (χ3n) is 4.53. The molecule has 0 saturated heterocycles. The lowest BCUT2D eigenvalue weighted by Crippen LogP contribution is -2.17. The van der Waals surface area contributed by atoms with Crippen LogP contribution >= 0.6 is 22.9 Å². The number of hydrogen-bond acceptors (Lipinski definition) is 6. The normalized spacial score (nSPS) is 20.1. The van der Waals surface area contributed by atoms with Crippen molar-refractivity contribution in [2.75, 3.05) is 17.6 Å². The number of nitrogen functional groups attached to an aromatic ring is 1. The van der Waals surface area contributed by atoms with E-state index in [4.69, 9.17) is 5.73 Å². The van der Waals surface area contributed by atoms with Crippen molar-refractivity contribution in [3.63, 3.8) is 0 Å². The summed E-state index contributed by atoms with van der Waals surface area (Å²) < 4.78 is 4.31. The van der Waals surface area contributed by atoms with Gasteiger partial charge < -0.3 is 11.1 Å². The van der Waals surface area contributed by atoms with E-state index in [9.17, 15) is 0 Å². The topological polar surface area (TPSA) is 63.8 Å². The molecular formula is C14H18N4S2. The van der Waals surface area contributed by atoms with E-state index < -0.39 is 0 Å². The second-order valence-corrected chi connectivity index (χ2v) is 7.85. The molecule has 2 saturated carbocycles. The fourth-order valence-corrected chi connectivity index (χ4v) is 4.31. The van der Waals surface area contributed by atoms with Crippen LogP contribution in [0, 0.1) is 18.3 Å². The lowest BCUT2D eigenvalue weighted by atomic mass is 10.0. The van der Waals surface area contributed by atoms with E-state index in [0.717, 1.165) is 33.7 Å². The predicted octanol–water partition coefficient (Wildman–Crippen LogP) is 3.76. The zero-order chi connectivity index (χ0) is 13.7. The molecule has 0 aromatic carbocycles. The van der Waals surface area contributed by atoms with Crippen molar-refractivity contribution in [2.45, 2.75) is 32.6 Å². The first-order valence-electron chi connectivity index (χ1n) is 7.09. The average Bonchev–Trinajstić information content (AvgIpc) is 3.32. The maximum absolute atomic E-state index is 6.03. The van der Waals surface area contributed by atoms with Gasteiger partial charge in [0.2, 0.25) is 0 Å². The third kappa shape index (κ3) is 2.11. The first-order chi connectivity index (χ1) is 9.68. The summed E-state index contributed by atoms with van der Waals surface area (Å²) >= 11 is 3.11. The van der Waals surface area contributed by atoms with Crippen LogP contribution < -0.4 is 11.1 Å². The van der Waals surface area contributed by atoms with Gasteiger partial charge >= 0.3 is 0 Å². The van der Waals surface area contributed by atoms with Crippen LogP contribution in [0.25, 0.3) is 11.3 Å². The minimum Gasteiger partial charge on any atom is -0.382 e. The first-order valence-corrected chi connectivity index (χ1v) is 8.75. The molecule has 2 aromatic rings. The van der Waals surface area contributed by atoms with Gasteiger partial charge in [0.1, 0.15) is 10.8 Å². The Morgan fingerprint density at radius 1 is 1.45 bits per heavy atom. The van der Waals surface area contributed by atoms with Gasteiger partial charge in [-0.15, -0.1) is 11.3 Å². The number of hydrogen-bond donors (Lipinski definition) is 2. The van der Waals surface area contributed by atoms with Gasteiger partial charge in [-0.3, -0.25) is 0 Å². The SMILES string of the molecule is Cc1nc(-c2c(N)nsc2NCC2(C3CC3)CC2)cs1. The highest BCUT2D eigenvalue weighted by Gasteiger charge is 2.53. The smallest absolute Gasteiger partial charge is 0.148 e. The van der Waals surface area contributed by atoms with Crippen molar-refractivity contribution in [1.82, 2.24) is 9.36 Å². The molecule has 4 nitrogen and oxygen atoms in total. The van der Waals surface area contributed by atoms with Gasteiger partial charge in [0.25, 0.3) is 0 Å². The molecule has 0 atom stereocenters. The van der Waals surface area contributed by atoms with Crippen LogP contribution in [-0.4, -0.2) is 15.9 Å². The molecule has 2 fully saturated rings. The van der Waals surface area contributed by atoms with E-state index >= 15 is 0 Å². The van der Waals surface area contributed by atoms with Gasteiger partial charge in [0.05, 0.1) is 16.3 Å². The van der Waals surface area contributed by atoms with E-state index in [0.29, 0.717) is 11.2 Å². The van der Waals surface area contributed by atoms with Crippen LogP contribution in [0.1, 0.15) is 30.7 Å². The van der Waals surface area contributed by atoms with Crippen molar-refractivity contribution in [3.05, 3.63) is 10.4 Å². The van der Waals surface area contributed by atoms with Gasteiger partial charge in [0.15, 0.2) is 0 Å². The Bertz CT molecular complexity index is 637. The Kier molecular flexibility index (Phi) is 2.79. The van der Waals surface area contributed by atoms with Crippen LogP contribution in [0.4, 0.5) is 10.8 Å². The molecule has 0 radical (unpaired) electrons. The maximum atomic E-state index is 6.03. The van der Waals surface area contributed by atoms with Crippen molar-refractivity contribution in [2.24, 2.45) is 11.3 Å². The molecule has 0 aliphatic heterocycles. The lowest BCUT2D eigenvalue weighted by molar-refractivity contribution is 0.467. The van der Waals surface area contributed by atoms with Crippen LogP contribution in [0.5, 0.6) is 0 Å². The monoisotopic (exact) mass is 306 g/mol. The quantitative estimate of drug-likeness (QED) is 0.883. The highest BCUT2D eigenvalue weighted by Crippen LogP contribution is 2.61. The van der Waals surface area contributed by atoms with E-state index in [2.05, 4.69) is 20.1 Å². The van der Waals surface area contributed by atoms with Gasteiger partial charge in [-0.1, -0.05) is 0 Å². The Morgan fingerprint density at radius 2 is 2.25 bits per heavy atom. The van der Waals surface area contributed by atoms with Crippen LogP contribution in [0.15, 0.2) is 5.38 Å². The minimum atomic E-state index is 0.577. The average molecular weight is 306 g/mol. The molecule has 20 heavy (non-hydrogen) atoms. The number of thiazole rings is 1. The number of aromatic nitrogens is 2. The standard InChI is InChI=1S/C14H18N4S2/c1-8-17-10(6-19-8)11-12(15)18-20-13(11)16-7-14(4-5-14)9-2-3-9/h6,9,16H,2-5,7H2,1H3,(H2,15,18). The Hall–Kier alpha value is -1.14. The van der Waals surface area contributed by atoms with Crippen LogP contribution in [-0.2, 0) is 0 Å². The summed E-state index contributed by atoms with van der Waals surface area (Å²) in [4.78, 5) is 4.55. The van der Waals surface area contributed by atoms with Crippen LogP contribution in [0.3, 0.4) is 0 Å². The minimum absolute atomic E-state index is 0.577. The van der Waals surface area contributed by atoms with Gasteiger partial charge in [-0.05, 0) is 55.5 Å². The number of anilines is 2. The summed E-state index contributed by atoms with van der Waals surface area (Å²) in [6.07, 6.45) is 5.60.